The molecule has 0 fully saturated rings. The first kappa shape index (κ1) is 26.2. The molecule has 0 saturated carbocycles. The zero-order valence-corrected chi connectivity index (χ0v) is 23.5. The van der Waals surface area contributed by atoms with Gasteiger partial charge in [0.25, 0.3) is 0 Å². The minimum atomic E-state index is -0.356. The summed E-state index contributed by atoms with van der Waals surface area (Å²) in [7, 11) is 0. The minimum Gasteiger partial charge on any atom is -0.465 e. The molecule has 0 aromatic heterocycles. The molecule has 1 aliphatic heterocycles. The van der Waals surface area contributed by atoms with Gasteiger partial charge >= 0.3 is 0 Å². The monoisotopic (exact) mass is 548 g/mol. The van der Waals surface area contributed by atoms with Crippen molar-refractivity contribution < 1.29 is 14.3 Å². The summed E-state index contributed by atoms with van der Waals surface area (Å²) in [6.07, 6.45) is 4.11. The molecule has 42 heavy (non-hydrogen) atoms. The second kappa shape index (κ2) is 11.3. The Morgan fingerprint density at radius 3 is 1.26 bits per heavy atom. The molecular weight excluding hydrogens is 516 g/mol. The van der Waals surface area contributed by atoms with E-state index in [1.807, 2.05) is 18.2 Å². The summed E-state index contributed by atoms with van der Waals surface area (Å²) in [6.45, 7) is 0. The molecule has 206 valence electrons. The van der Waals surface area contributed by atoms with Crippen molar-refractivity contribution in [2.45, 2.75) is 44.4 Å². The van der Waals surface area contributed by atoms with E-state index in [9.17, 15) is 9.59 Å². The van der Waals surface area contributed by atoms with Gasteiger partial charge in [-0.1, -0.05) is 115 Å². The molecular formula is C39H32O3. The Morgan fingerprint density at radius 2 is 0.857 bits per heavy atom. The van der Waals surface area contributed by atoms with Crippen LogP contribution in [0.4, 0.5) is 0 Å². The van der Waals surface area contributed by atoms with Crippen molar-refractivity contribution in [3.05, 3.63) is 166 Å². The summed E-state index contributed by atoms with van der Waals surface area (Å²) < 4.78 is 6.25. The number of allylic oxidation sites excluding steroid dienone is 4. The van der Waals surface area contributed by atoms with Gasteiger partial charge in [0.15, 0.2) is 11.6 Å². The van der Waals surface area contributed by atoms with Crippen LogP contribution in [0.25, 0.3) is 11.1 Å². The van der Waals surface area contributed by atoms with E-state index in [1.165, 1.54) is 0 Å². The summed E-state index contributed by atoms with van der Waals surface area (Å²) >= 11 is 0. The Hall–Kier alpha value is -4.76. The predicted molar refractivity (Wildman–Crippen MR) is 166 cm³/mol. The van der Waals surface area contributed by atoms with Gasteiger partial charge in [-0.25, -0.2) is 0 Å². The average Bonchev–Trinajstić information content (AvgIpc) is 3.04. The molecule has 0 radical (unpaired) electrons. The van der Waals surface area contributed by atoms with Gasteiger partial charge in [0, 0.05) is 42.7 Å². The number of Topliss-reactive ketones (excluding diaryl/α,β-unsaturated/α-hetero) is 2. The largest absolute Gasteiger partial charge is 0.465 e. The second-order valence-corrected chi connectivity index (χ2v) is 11.2. The normalized spacial score (nSPS) is 17.0. The van der Waals surface area contributed by atoms with Crippen molar-refractivity contribution in [1.82, 2.24) is 0 Å². The van der Waals surface area contributed by atoms with Gasteiger partial charge in [-0.05, 0) is 51.8 Å². The van der Waals surface area contributed by atoms with E-state index in [1.54, 1.807) is 0 Å². The fourth-order valence-corrected chi connectivity index (χ4v) is 6.72. The molecule has 0 N–H and O–H groups in total. The first-order valence-corrected chi connectivity index (χ1v) is 14.9. The maximum Gasteiger partial charge on any atom is 0.163 e. The molecule has 0 saturated heterocycles. The number of rotatable bonds is 5. The lowest BCUT2D eigenvalue weighted by molar-refractivity contribution is -0.117. The third kappa shape index (κ3) is 4.75. The van der Waals surface area contributed by atoms with Gasteiger partial charge in [-0.15, -0.1) is 0 Å². The number of ether oxygens (including phenoxy) is 1. The number of hydrogen-bond acceptors (Lipinski definition) is 3. The number of carbonyl (C=O) groups is 2. The van der Waals surface area contributed by atoms with E-state index in [0.717, 1.165) is 76.2 Å². The lowest BCUT2D eigenvalue weighted by atomic mass is 9.73. The summed E-state index contributed by atoms with van der Waals surface area (Å²) in [6, 6.07) is 40.1. The van der Waals surface area contributed by atoms with Crippen LogP contribution in [0.1, 0.15) is 72.3 Å². The van der Waals surface area contributed by atoms with Crippen LogP contribution in [0.2, 0.25) is 0 Å². The number of hydrogen-bond donors (Lipinski definition) is 0. The smallest absolute Gasteiger partial charge is 0.163 e. The highest BCUT2D eigenvalue weighted by atomic mass is 16.5. The van der Waals surface area contributed by atoms with Crippen molar-refractivity contribution in [3.8, 4) is 0 Å². The second-order valence-electron chi connectivity index (χ2n) is 11.2. The highest BCUT2D eigenvalue weighted by molar-refractivity contribution is 6.06. The Kier molecular flexibility index (Phi) is 7.01. The van der Waals surface area contributed by atoms with E-state index in [4.69, 9.17) is 4.74 Å². The zero-order chi connectivity index (χ0) is 28.5. The number of ketones is 2. The molecule has 7 rings (SSSR count). The van der Waals surface area contributed by atoms with Crippen molar-refractivity contribution in [3.63, 3.8) is 0 Å². The van der Waals surface area contributed by atoms with Gasteiger partial charge in [-0.3, -0.25) is 9.59 Å². The molecule has 3 heteroatoms. The van der Waals surface area contributed by atoms with Crippen LogP contribution in [0.15, 0.2) is 138 Å². The van der Waals surface area contributed by atoms with Gasteiger partial charge in [0.2, 0.25) is 0 Å². The third-order valence-electron chi connectivity index (χ3n) is 8.61. The van der Waals surface area contributed by atoms with Crippen LogP contribution >= 0.6 is 0 Å². The van der Waals surface area contributed by atoms with Gasteiger partial charge in [-0.2, -0.15) is 0 Å². The van der Waals surface area contributed by atoms with Crippen LogP contribution in [0.5, 0.6) is 0 Å². The average molecular weight is 549 g/mol. The highest BCUT2D eigenvalue weighted by Gasteiger charge is 2.41. The van der Waals surface area contributed by atoms with E-state index in [0.29, 0.717) is 24.0 Å². The Labute approximate surface area is 246 Å². The predicted octanol–water partition coefficient (Wildman–Crippen LogP) is 8.82. The van der Waals surface area contributed by atoms with Crippen LogP contribution < -0.4 is 0 Å². The van der Waals surface area contributed by atoms with E-state index < -0.39 is 0 Å². The third-order valence-corrected chi connectivity index (χ3v) is 8.61. The van der Waals surface area contributed by atoms with Crippen molar-refractivity contribution >= 4 is 22.7 Å². The molecule has 3 nitrogen and oxygen atoms in total. The van der Waals surface area contributed by atoms with Gasteiger partial charge in [0.05, 0.1) is 0 Å². The molecule has 0 amide bonds. The van der Waals surface area contributed by atoms with Crippen LogP contribution in [0.3, 0.4) is 0 Å². The fraction of sp³-hybridized carbons (Fsp3) is 0.179. The summed E-state index contributed by atoms with van der Waals surface area (Å²) in [5.74, 6) is 1.40. The standard InChI is InChI=1S/C39H32O3/c40-31-18-10-20-33-38(31)37(39-32(41)19-11-21-34(39)42-33)30-24-22-29(23-25-30)36(28-16-8-3-9-17-28)35(26-12-4-1-5-13-26)27-14-6-2-7-15-27/h1-9,12-17,22-25,37H,10-11,18-21H2. The fourth-order valence-electron chi connectivity index (χ4n) is 6.72. The van der Waals surface area contributed by atoms with Crippen molar-refractivity contribution in [2.75, 3.05) is 0 Å². The van der Waals surface area contributed by atoms with Crippen LogP contribution in [-0.4, -0.2) is 11.6 Å². The lowest BCUT2D eigenvalue weighted by Crippen LogP contribution is -2.30. The lowest BCUT2D eigenvalue weighted by Gasteiger charge is -2.36. The number of benzene rings is 4. The highest BCUT2D eigenvalue weighted by Crippen LogP contribution is 2.48. The molecule has 3 aliphatic rings. The van der Waals surface area contributed by atoms with Crippen LogP contribution in [-0.2, 0) is 14.3 Å². The van der Waals surface area contributed by atoms with E-state index in [2.05, 4.69) is 97.1 Å². The summed E-state index contributed by atoms with van der Waals surface area (Å²) in [4.78, 5) is 26.6. The Bertz CT molecular complexity index is 1660. The Balaban J connectivity index is 1.41. The maximum absolute atomic E-state index is 13.3. The van der Waals surface area contributed by atoms with Gasteiger partial charge < -0.3 is 4.74 Å². The van der Waals surface area contributed by atoms with E-state index >= 15 is 0 Å². The summed E-state index contributed by atoms with van der Waals surface area (Å²) in [5.41, 5.74) is 9.12. The number of carbonyl (C=O) groups excluding carboxylic acids is 2. The molecule has 1 heterocycles. The van der Waals surface area contributed by atoms with E-state index in [-0.39, 0.29) is 17.5 Å². The molecule has 0 bridgehead atoms. The molecule has 0 spiro atoms. The van der Waals surface area contributed by atoms with Crippen LogP contribution in [0, 0.1) is 0 Å². The quantitative estimate of drug-likeness (QED) is 0.234. The molecule has 4 aromatic carbocycles. The minimum absolute atomic E-state index is 0.107. The zero-order valence-electron chi connectivity index (χ0n) is 23.5. The first-order valence-electron chi connectivity index (χ1n) is 14.9. The molecule has 4 aromatic rings. The van der Waals surface area contributed by atoms with Crippen molar-refractivity contribution in [2.24, 2.45) is 0 Å². The molecule has 0 atom stereocenters. The van der Waals surface area contributed by atoms with Gasteiger partial charge in [0.1, 0.15) is 11.5 Å². The Morgan fingerprint density at radius 1 is 0.476 bits per heavy atom. The topological polar surface area (TPSA) is 43.4 Å². The molecule has 0 unspecified atom stereocenters. The summed E-state index contributed by atoms with van der Waals surface area (Å²) in [5, 5.41) is 0. The molecule has 2 aliphatic carbocycles. The van der Waals surface area contributed by atoms with Crippen molar-refractivity contribution in [1.29, 1.82) is 0 Å². The first-order chi connectivity index (χ1) is 20.7. The maximum atomic E-state index is 13.3. The SMILES string of the molecule is O=C1CCCC2=C1C(c1ccc(C(=C(c3ccccc3)c3ccccc3)c3ccccc3)cc1)C1=C(CCCC1=O)O2.